The number of nitrogens with zero attached hydrogens (tertiary/aromatic N) is 1. The first-order valence-corrected chi connectivity index (χ1v) is 7.20. The Hall–Kier alpha value is -0.610. The van der Waals surface area contributed by atoms with Crippen LogP contribution in [0.25, 0.3) is 0 Å². The van der Waals surface area contributed by atoms with Crippen molar-refractivity contribution in [3.8, 4) is 0 Å². The molecular formula is C14H26N2O2. The van der Waals surface area contributed by atoms with E-state index in [0.717, 1.165) is 24.9 Å². The number of rotatable bonds is 4. The van der Waals surface area contributed by atoms with E-state index in [-0.39, 0.29) is 0 Å². The number of piperidine rings is 1. The molecule has 4 nitrogen and oxygen atoms in total. The second kappa shape index (κ2) is 5.57. The largest absolute Gasteiger partial charge is 0.480 e. The molecule has 0 bridgehead atoms. The van der Waals surface area contributed by atoms with Crippen molar-refractivity contribution >= 4 is 5.97 Å². The number of likely N-dealkylation sites (N-methyl/N-ethyl adjacent to an activating group) is 1. The number of hydrogen-bond donors (Lipinski definition) is 2. The van der Waals surface area contributed by atoms with Gasteiger partial charge in [0, 0.05) is 13.1 Å². The lowest BCUT2D eigenvalue weighted by Gasteiger charge is -2.43. The van der Waals surface area contributed by atoms with Gasteiger partial charge < -0.3 is 15.3 Å². The molecule has 0 aromatic rings. The van der Waals surface area contributed by atoms with Gasteiger partial charge in [-0.25, -0.2) is 0 Å². The highest BCUT2D eigenvalue weighted by atomic mass is 16.4. The van der Waals surface area contributed by atoms with Crippen LogP contribution in [0.5, 0.6) is 0 Å². The molecule has 1 saturated carbocycles. The quantitative estimate of drug-likeness (QED) is 0.799. The van der Waals surface area contributed by atoms with E-state index >= 15 is 0 Å². The summed E-state index contributed by atoms with van der Waals surface area (Å²) in [6.07, 6.45) is 6.73. The van der Waals surface area contributed by atoms with Gasteiger partial charge in [0.05, 0.1) is 0 Å². The van der Waals surface area contributed by atoms with Crippen LogP contribution in [0.2, 0.25) is 0 Å². The lowest BCUT2D eigenvalue weighted by molar-refractivity contribution is -0.145. The molecule has 0 aromatic carbocycles. The van der Waals surface area contributed by atoms with Crippen molar-refractivity contribution in [2.75, 3.05) is 26.7 Å². The Kier molecular flexibility index (Phi) is 4.28. The summed E-state index contributed by atoms with van der Waals surface area (Å²) >= 11 is 0. The Balaban J connectivity index is 1.93. The van der Waals surface area contributed by atoms with E-state index < -0.39 is 11.5 Å². The van der Waals surface area contributed by atoms with Crippen LogP contribution < -0.4 is 5.32 Å². The molecule has 1 aliphatic carbocycles. The molecule has 1 aliphatic heterocycles. The average molecular weight is 254 g/mol. The highest BCUT2D eigenvalue weighted by molar-refractivity contribution is 5.78. The van der Waals surface area contributed by atoms with E-state index in [2.05, 4.69) is 10.2 Å². The van der Waals surface area contributed by atoms with Crippen LogP contribution in [0.4, 0.5) is 0 Å². The van der Waals surface area contributed by atoms with Crippen LogP contribution >= 0.6 is 0 Å². The number of likely N-dealkylation sites (tertiary alicyclic amines) is 1. The maximum absolute atomic E-state index is 11.3. The zero-order valence-corrected chi connectivity index (χ0v) is 11.6. The Morgan fingerprint density at radius 3 is 2.61 bits per heavy atom. The topological polar surface area (TPSA) is 52.6 Å². The summed E-state index contributed by atoms with van der Waals surface area (Å²) in [4.78, 5) is 13.7. The summed E-state index contributed by atoms with van der Waals surface area (Å²) in [5.74, 6) is 0.957. The van der Waals surface area contributed by atoms with Gasteiger partial charge in [0.1, 0.15) is 5.54 Å². The highest BCUT2D eigenvalue weighted by Crippen LogP contribution is 2.36. The van der Waals surface area contributed by atoms with Gasteiger partial charge in [0.2, 0.25) is 0 Å². The molecule has 3 unspecified atom stereocenters. The molecule has 2 fully saturated rings. The summed E-state index contributed by atoms with van der Waals surface area (Å²) < 4.78 is 0. The second-order valence-electron chi connectivity index (χ2n) is 6.22. The third-order valence-corrected chi connectivity index (χ3v) is 4.94. The minimum atomic E-state index is -0.818. The monoisotopic (exact) mass is 254 g/mol. The molecule has 1 heterocycles. The number of carbonyl (C=O) groups is 1. The molecule has 0 spiro atoms. The van der Waals surface area contributed by atoms with Gasteiger partial charge in [-0.05, 0) is 45.2 Å². The summed E-state index contributed by atoms with van der Waals surface area (Å²) in [6, 6.07) is 0. The predicted octanol–water partition coefficient (Wildman–Crippen LogP) is 1.56. The highest BCUT2D eigenvalue weighted by Gasteiger charge is 2.37. The van der Waals surface area contributed by atoms with Gasteiger partial charge in [-0.2, -0.15) is 0 Å². The molecule has 104 valence electrons. The van der Waals surface area contributed by atoms with Crippen molar-refractivity contribution in [1.29, 1.82) is 0 Å². The van der Waals surface area contributed by atoms with Gasteiger partial charge in [-0.15, -0.1) is 0 Å². The van der Waals surface area contributed by atoms with Gasteiger partial charge in [-0.3, -0.25) is 4.79 Å². The fourth-order valence-corrected chi connectivity index (χ4v) is 3.52. The van der Waals surface area contributed by atoms with Gasteiger partial charge in [0.15, 0.2) is 0 Å². The molecule has 2 N–H and O–H groups in total. The Morgan fingerprint density at radius 1 is 1.33 bits per heavy atom. The average Bonchev–Trinajstić information content (AvgIpc) is 2.38. The molecule has 0 radical (unpaired) electrons. The van der Waals surface area contributed by atoms with Crippen molar-refractivity contribution in [2.24, 2.45) is 11.8 Å². The van der Waals surface area contributed by atoms with Gasteiger partial charge >= 0.3 is 5.97 Å². The first kappa shape index (κ1) is 13.8. The summed E-state index contributed by atoms with van der Waals surface area (Å²) in [7, 11) is 1.74. The number of aliphatic carboxylic acids is 1. The second-order valence-corrected chi connectivity index (χ2v) is 6.22. The van der Waals surface area contributed by atoms with Crippen molar-refractivity contribution in [3.05, 3.63) is 0 Å². The molecule has 0 amide bonds. The SMILES string of the molecule is CNC(C)(CN1CCC2CCCCC2C1)C(=O)O. The first-order chi connectivity index (χ1) is 8.55. The molecule has 1 saturated heterocycles. The number of carboxylic acids is 1. The molecule has 0 aromatic heterocycles. The zero-order valence-electron chi connectivity index (χ0n) is 11.6. The Bertz CT molecular complexity index is 308. The minimum Gasteiger partial charge on any atom is -0.480 e. The third kappa shape index (κ3) is 2.86. The van der Waals surface area contributed by atoms with Gasteiger partial charge in [-0.1, -0.05) is 19.3 Å². The van der Waals surface area contributed by atoms with E-state index in [1.165, 1.54) is 32.1 Å². The van der Waals surface area contributed by atoms with E-state index in [4.69, 9.17) is 0 Å². The first-order valence-electron chi connectivity index (χ1n) is 7.20. The Morgan fingerprint density at radius 2 is 2.00 bits per heavy atom. The van der Waals surface area contributed by atoms with Crippen LogP contribution in [0.1, 0.15) is 39.0 Å². The van der Waals surface area contributed by atoms with Crippen molar-refractivity contribution in [3.63, 3.8) is 0 Å². The van der Waals surface area contributed by atoms with Crippen LogP contribution in [0.3, 0.4) is 0 Å². The lowest BCUT2D eigenvalue weighted by Crippen LogP contribution is -2.57. The fourth-order valence-electron chi connectivity index (χ4n) is 3.52. The smallest absolute Gasteiger partial charge is 0.324 e. The number of hydrogen-bond acceptors (Lipinski definition) is 3. The molecule has 18 heavy (non-hydrogen) atoms. The standard InChI is InChI=1S/C14H26N2O2/c1-14(15-2,13(17)18)10-16-8-7-11-5-3-4-6-12(11)9-16/h11-12,15H,3-10H2,1-2H3,(H,17,18). The summed E-state index contributed by atoms with van der Waals surface area (Å²) in [5.41, 5.74) is -0.818. The molecule has 3 atom stereocenters. The van der Waals surface area contributed by atoms with Crippen molar-refractivity contribution < 1.29 is 9.90 Å². The summed E-state index contributed by atoms with van der Waals surface area (Å²) in [6.45, 7) is 4.55. The number of carboxylic acid groups (broad SMARTS) is 1. The predicted molar refractivity (Wildman–Crippen MR) is 71.6 cm³/mol. The number of nitrogens with one attached hydrogen (secondary N) is 1. The third-order valence-electron chi connectivity index (χ3n) is 4.94. The molecule has 2 rings (SSSR count). The molecular weight excluding hydrogens is 228 g/mol. The van der Waals surface area contributed by atoms with Crippen LogP contribution in [0, 0.1) is 11.8 Å². The van der Waals surface area contributed by atoms with Crippen LogP contribution in [0.15, 0.2) is 0 Å². The van der Waals surface area contributed by atoms with E-state index in [1.807, 2.05) is 0 Å². The van der Waals surface area contributed by atoms with E-state index in [0.29, 0.717) is 6.54 Å². The number of fused-ring (bicyclic) bond motifs is 1. The maximum atomic E-state index is 11.3. The van der Waals surface area contributed by atoms with Crippen LogP contribution in [-0.2, 0) is 4.79 Å². The zero-order chi connectivity index (χ0) is 13.2. The minimum absolute atomic E-state index is 0.613. The van der Waals surface area contributed by atoms with E-state index in [9.17, 15) is 9.90 Å². The molecule has 4 heteroatoms. The fraction of sp³-hybridized carbons (Fsp3) is 0.929. The maximum Gasteiger partial charge on any atom is 0.324 e. The molecule has 2 aliphatic rings. The van der Waals surface area contributed by atoms with Gasteiger partial charge in [0.25, 0.3) is 0 Å². The Labute approximate surface area is 110 Å². The summed E-state index contributed by atoms with van der Waals surface area (Å²) in [5, 5.41) is 12.3. The van der Waals surface area contributed by atoms with E-state index in [1.54, 1.807) is 14.0 Å². The lowest BCUT2D eigenvalue weighted by atomic mass is 9.75. The van der Waals surface area contributed by atoms with Crippen molar-refractivity contribution in [2.45, 2.75) is 44.6 Å². The van der Waals surface area contributed by atoms with Crippen molar-refractivity contribution in [1.82, 2.24) is 10.2 Å². The normalized spacial score (nSPS) is 32.6. The van der Waals surface area contributed by atoms with Crippen LogP contribution in [-0.4, -0.2) is 48.2 Å².